The molecule has 8 heteroatoms. The Kier molecular flexibility index (Phi) is 33.9. The van der Waals surface area contributed by atoms with Crippen LogP contribution in [0.4, 0.5) is 0 Å². The first kappa shape index (κ1) is 49.6. The number of hydrogen-bond acceptors (Lipinski definition) is 6. The summed E-state index contributed by atoms with van der Waals surface area (Å²) in [6, 6.07) is -0.611. The minimum atomic E-state index is -0.876. The van der Waals surface area contributed by atoms with Gasteiger partial charge in [0.1, 0.15) is 6.61 Å². The molecule has 2 unspecified atom stereocenters. The lowest BCUT2D eigenvalue weighted by Crippen LogP contribution is -2.50. The van der Waals surface area contributed by atoms with Crippen LogP contribution in [0.2, 0.25) is 0 Å². The standard InChI is InChI=1S/C44H79NO7/c1-6-8-10-12-14-15-16-17-18-19-20-21-22-23-24-25-26-27-29-31-33-35-43(47)52-40(38-50-37-36-41(44(48)49)45(3,4)5)39-51-42(46)34-32-30-28-13-11-9-7-2/h8,10,14-15,17-18,40-41H,6-7,9,11-13,16,19-39H2,1-5H3/p+1/b10-8+,15-14+,18-17+. The fourth-order valence-electron chi connectivity index (χ4n) is 6.05. The van der Waals surface area contributed by atoms with Crippen LogP contribution in [0, 0.1) is 0 Å². The van der Waals surface area contributed by atoms with E-state index in [-0.39, 0.29) is 36.2 Å². The number of esters is 2. The minimum absolute atomic E-state index is 0.0503. The molecule has 0 aromatic rings. The predicted octanol–water partition coefficient (Wildman–Crippen LogP) is 11.1. The van der Waals surface area contributed by atoms with Crippen molar-refractivity contribution < 1.29 is 38.2 Å². The number of allylic oxidation sites excluding steroid dienone is 6. The van der Waals surface area contributed by atoms with Gasteiger partial charge in [0, 0.05) is 19.3 Å². The van der Waals surface area contributed by atoms with E-state index in [2.05, 4.69) is 50.3 Å². The Morgan fingerprint density at radius 2 is 1.08 bits per heavy atom. The number of likely N-dealkylation sites (N-methyl/N-ethyl adjacent to an activating group) is 1. The molecular weight excluding hydrogens is 654 g/mol. The van der Waals surface area contributed by atoms with Crippen LogP contribution in [0.15, 0.2) is 36.5 Å². The number of nitrogens with zero attached hydrogens (tertiary/aromatic N) is 1. The maximum Gasteiger partial charge on any atom is 0.362 e. The number of hydrogen-bond donors (Lipinski definition) is 1. The van der Waals surface area contributed by atoms with Crippen molar-refractivity contribution in [3.8, 4) is 0 Å². The molecule has 0 amide bonds. The van der Waals surface area contributed by atoms with Crippen molar-refractivity contribution in [3.05, 3.63) is 36.5 Å². The summed E-state index contributed by atoms with van der Waals surface area (Å²) in [7, 11) is 5.52. The van der Waals surface area contributed by atoms with Gasteiger partial charge in [0.2, 0.25) is 0 Å². The second-order valence-corrected chi connectivity index (χ2v) is 15.2. The average Bonchev–Trinajstić information content (AvgIpc) is 3.09. The number of carboxylic acids is 1. The highest BCUT2D eigenvalue weighted by molar-refractivity contribution is 5.72. The average molecular weight is 735 g/mol. The maximum atomic E-state index is 12.7. The van der Waals surface area contributed by atoms with E-state index in [0.717, 1.165) is 57.8 Å². The third-order valence-electron chi connectivity index (χ3n) is 9.30. The first-order chi connectivity index (χ1) is 25.1. The second kappa shape index (κ2) is 35.6. The van der Waals surface area contributed by atoms with E-state index in [0.29, 0.717) is 19.3 Å². The van der Waals surface area contributed by atoms with E-state index in [1.807, 2.05) is 21.1 Å². The summed E-state index contributed by atoms with van der Waals surface area (Å²) in [6.07, 6.45) is 39.2. The van der Waals surface area contributed by atoms with Gasteiger partial charge in [-0.25, -0.2) is 4.79 Å². The van der Waals surface area contributed by atoms with E-state index in [9.17, 15) is 19.5 Å². The Bertz CT molecular complexity index is 953. The highest BCUT2D eigenvalue weighted by Crippen LogP contribution is 2.14. The summed E-state index contributed by atoms with van der Waals surface area (Å²) in [4.78, 5) is 36.7. The lowest BCUT2D eigenvalue weighted by molar-refractivity contribution is -0.887. The van der Waals surface area contributed by atoms with Gasteiger partial charge >= 0.3 is 17.9 Å². The second-order valence-electron chi connectivity index (χ2n) is 15.2. The van der Waals surface area contributed by atoms with Gasteiger partial charge in [-0.1, -0.05) is 147 Å². The van der Waals surface area contributed by atoms with Crippen molar-refractivity contribution in [2.24, 2.45) is 0 Å². The van der Waals surface area contributed by atoms with E-state index in [4.69, 9.17) is 14.2 Å². The molecule has 0 aromatic carbocycles. The zero-order valence-electron chi connectivity index (χ0n) is 34.3. The number of ether oxygens (including phenoxy) is 3. The third kappa shape index (κ3) is 33.4. The summed E-state index contributed by atoms with van der Waals surface area (Å²) < 4.78 is 17.2. The van der Waals surface area contributed by atoms with Crippen LogP contribution in [-0.2, 0) is 28.6 Å². The van der Waals surface area contributed by atoms with Crippen molar-refractivity contribution in [1.82, 2.24) is 0 Å². The van der Waals surface area contributed by atoms with Crippen molar-refractivity contribution >= 4 is 17.9 Å². The van der Waals surface area contributed by atoms with Crippen LogP contribution >= 0.6 is 0 Å². The molecule has 0 spiro atoms. The zero-order valence-corrected chi connectivity index (χ0v) is 34.3. The number of aliphatic carboxylic acids is 1. The van der Waals surface area contributed by atoms with Crippen molar-refractivity contribution in [2.75, 3.05) is 41.0 Å². The fraction of sp³-hybridized carbons (Fsp3) is 0.795. The molecule has 0 rings (SSSR count). The Hall–Kier alpha value is -2.45. The molecule has 0 aliphatic rings. The van der Waals surface area contributed by atoms with Gasteiger partial charge in [-0.15, -0.1) is 0 Å². The first-order valence-electron chi connectivity index (χ1n) is 21.0. The lowest BCUT2D eigenvalue weighted by Gasteiger charge is -2.31. The summed E-state index contributed by atoms with van der Waals surface area (Å²) in [5, 5.41) is 9.58. The molecule has 0 aliphatic carbocycles. The number of carbonyl (C=O) groups is 3. The van der Waals surface area contributed by atoms with Gasteiger partial charge in [-0.3, -0.25) is 9.59 Å². The van der Waals surface area contributed by atoms with Crippen LogP contribution in [0.3, 0.4) is 0 Å². The molecule has 0 aliphatic heterocycles. The van der Waals surface area contributed by atoms with Gasteiger partial charge in [-0.2, -0.15) is 0 Å². The number of unbranched alkanes of at least 4 members (excludes halogenated alkanes) is 17. The van der Waals surface area contributed by atoms with Crippen LogP contribution in [0.5, 0.6) is 0 Å². The number of carboxylic acid groups (broad SMARTS) is 1. The molecule has 0 heterocycles. The third-order valence-corrected chi connectivity index (χ3v) is 9.30. The normalized spacial score (nSPS) is 13.3. The number of quaternary nitrogens is 1. The largest absolute Gasteiger partial charge is 0.477 e. The summed E-state index contributed by atoms with van der Waals surface area (Å²) in [6.45, 7) is 4.58. The molecule has 52 heavy (non-hydrogen) atoms. The number of carbonyl (C=O) groups excluding carboxylic acids is 2. The highest BCUT2D eigenvalue weighted by Gasteiger charge is 2.31. The molecule has 0 fully saturated rings. The van der Waals surface area contributed by atoms with Gasteiger partial charge in [0.15, 0.2) is 12.1 Å². The molecule has 2 atom stereocenters. The van der Waals surface area contributed by atoms with Gasteiger partial charge in [0.25, 0.3) is 0 Å². The molecule has 0 saturated carbocycles. The van der Waals surface area contributed by atoms with Gasteiger partial charge in [0.05, 0.1) is 34.4 Å². The van der Waals surface area contributed by atoms with E-state index in [1.54, 1.807) is 0 Å². The molecule has 1 N–H and O–H groups in total. The molecular formula is C44H80NO7+. The quantitative estimate of drug-likeness (QED) is 0.0293. The summed E-state index contributed by atoms with van der Waals surface area (Å²) in [5.41, 5.74) is 0. The van der Waals surface area contributed by atoms with Gasteiger partial charge in [-0.05, 0) is 44.9 Å². The maximum absolute atomic E-state index is 12.7. The van der Waals surface area contributed by atoms with E-state index in [1.165, 1.54) is 83.5 Å². The van der Waals surface area contributed by atoms with Crippen molar-refractivity contribution in [1.29, 1.82) is 0 Å². The Labute approximate surface area is 319 Å². The van der Waals surface area contributed by atoms with Crippen LogP contribution in [-0.4, -0.2) is 80.6 Å². The van der Waals surface area contributed by atoms with Crippen LogP contribution < -0.4 is 0 Å². The topological polar surface area (TPSA) is 99.1 Å². The molecule has 302 valence electrons. The fourth-order valence-corrected chi connectivity index (χ4v) is 6.05. The smallest absolute Gasteiger partial charge is 0.362 e. The van der Waals surface area contributed by atoms with Crippen molar-refractivity contribution in [2.45, 2.75) is 187 Å². The Morgan fingerprint density at radius 1 is 0.596 bits per heavy atom. The zero-order chi connectivity index (χ0) is 38.5. The molecule has 8 nitrogen and oxygen atoms in total. The Balaban J connectivity index is 4.21. The van der Waals surface area contributed by atoms with E-state index < -0.39 is 18.1 Å². The number of rotatable bonds is 37. The molecule has 0 saturated heterocycles. The minimum Gasteiger partial charge on any atom is -0.477 e. The van der Waals surface area contributed by atoms with Gasteiger partial charge < -0.3 is 23.8 Å². The van der Waals surface area contributed by atoms with E-state index >= 15 is 0 Å². The van der Waals surface area contributed by atoms with Crippen LogP contribution in [0.25, 0.3) is 0 Å². The molecule has 0 radical (unpaired) electrons. The SMILES string of the molecule is CC/C=C/C/C=C/C/C=C/CCCCCCCCCCCCCC(=O)OC(COCCC(C(=O)O)[N+](C)(C)C)COC(=O)CCCCCCCCC. The lowest BCUT2D eigenvalue weighted by atomic mass is 10.0. The Morgan fingerprint density at radius 3 is 1.60 bits per heavy atom. The van der Waals surface area contributed by atoms with Crippen LogP contribution in [0.1, 0.15) is 174 Å². The predicted molar refractivity (Wildman–Crippen MR) is 215 cm³/mol. The summed E-state index contributed by atoms with van der Waals surface area (Å²) in [5.74, 6) is -1.48. The summed E-state index contributed by atoms with van der Waals surface area (Å²) >= 11 is 0. The monoisotopic (exact) mass is 735 g/mol. The molecule has 0 aromatic heterocycles. The highest BCUT2D eigenvalue weighted by atomic mass is 16.6. The molecule has 0 bridgehead atoms. The van der Waals surface area contributed by atoms with Crippen molar-refractivity contribution in [3.63, 3.8) is 0 Å². The first-order valence-corrected chi connectivity index (χ1v) is 21.0.